The van der Waals surface area contributed by atoms with E-state index in [1.807, 2.05) is 44.2 Å². The average Bonchev–Trinajstić information content (AvgIpc) is 3.09. The predicted octanol–water partition coefficient (Wildman–Crippen LogP) is 3.35. The van der Waals surface area contributed by atoms with Crippen LogP contribution in [0.2, 0.25) is 0 Å². The zero-order valence-electron chi connectivity index (χ0n) is 15.0. The summed E-state index contributed by atoms with van der Waals surface area (Å²) < 4.78 is 3.85. The van der Waals surface area contributed by atoms with Crippen molar-refractivity contribution in [1.29, 1.82) is 0 Å². The van der Waals surface area contributed by atoms with E-state index in [0.29, 0.717) is 10.2 Å². The minimum atomic E-state index is -0.439. The van der Waals surface area contributed by atoms with Gasteiger partial charge in [-0.2, -0.15) is 5.10 Å². The van der Waals surface area contributed by atoms with Crippen LogP contribution in [0, 0.1) is 6.92 Å². The summed E-state index contributed by atoms with van der Waals surface area (Å²) >= 11 is 3.42. The first-order chi connectivity index (χ1) is 12.3. The summed E-state index contributed by atoms with van der Waals surface area (Å²) in [7, 11) is 1.78. The van der Waals surface area contributed by atoms with Gasteiger partial charge in [0.1, 0.15) is 5.69 Å². The predicted molar refractivity (Wildman–Crippen MR) is 104 cm³/mol. The van der Waals surface area contributed by atoms with Crippen molar-refractivity contribution < 1.29 is 4.79 Å². The van der Waals surface area contributed by atoms with E-state index in [0.717, 1.165) is 11.4 Å². The smallest absolute Gasteiger partial charge is 0.295 e. The van der Waals surface area contributed by atoms with E-state index >= 15 is 0 Å². The Morgan fingerprint density at radius 3 is 2.50 bits per heavy atom. The summed E-state index contributed by atoms with van der Waals surface area (Å²) in [5.74, 6) is -0.252. The molecule has 0 radical (unpaired) electrons. The van der Waals surface area contributed by atoms with Gasteiger partial charge in [-0.15, -0.1) is 0 Å². The van der Waals surface area contributed by atoms with E-state index in [9.17, 15) is 9.59 Å². The molecule has 0 spiro atoms. The highest BCUT2D eigenvalue weighted by molar-refractivity contribution is 9.10. The monoisotopic (exact) mass is 417 g/mol. The highest BCUT2D eigenvalue weighted by Crippen LogP contribution is 2.26. The number of H-pyrrole nitrogens is 1. The Morgan fingerprint density at radius 2 is 1.92 bits per heavy atom. The molecule has 0 unspecified atom stereocenters. The number of aromatic amines is 1. The number of halogens is 1. The Kier molecular flexibility index (Phi) is 4.86. The maximum Gasteiger partial charge on any atom is 0.295 e. The molecular formula is C18H20BrN5O2. The molecule has 2 heterocycles. The van der Waals surface area contributed by atoms with E-state index in [-0.39, 0.29) is 22.9 Å². The SMILES string of the molecule is Cc1c(NC(=O)c2n[nH]c(C(C)C)c2Br)c(=O)n(-c2ccccc2)n1C. The van der Waals surface area contributed by atoms with Gasteiger partial charge in [0.25, 0.3) is 11.5 Å². The maximum absolute atomic E-state index is 12.9. The van der Waals surface area contributed by atoms with Crippen LogP contribution in [0.3, 0.4) is 0 Å². The van der Waals surface area contributed by atoms with Crippen LogP contribution in [-0.2, 0) is 7.05 Å². The molecule has 2 N–H and O–H groups in total. The quantitative estimate of drug-likeness (QED) is 0.682. The van der Waals surface area contributed by atoms with Crippen LogP contribution >= 0.6 is 15.9 Å². The number of benzene rings is 1. The number of hydrogen-bond donors (Lipinski definition) is 2. The number of para-hydroxylation sites is 1. The van der Waals surface area contributed by atoms with Crippen molar-refractivity contribution in [2.45, 2.75) is 26.7 Å². The van der Waals surface area contributed by atoms with Gasteiger partial charge in [-0.1, -0.05) is 32.0 Å². The number of hydrogen-bond acceptors (Lipinski definition) is 3. The average molecular weight is 418 g/mol. The zero-order valence-corrected chi connectivity index (χ0v) is 16.6. The van der Waals surface area contributed by atoms with Crippen LogP contribution in [-0.4, -0.2) is 25.5 Å². The van der Waals surface area contributed by atoms with Gasteiger partial charge in [0.2, 0.25) is 0 Å². The largest absolute Gasteiger partial charge is 0.314 e. The normalized spacial score (nSPS) is 11.2. The first-order valence-corrected chi connectivity index (χ1v) is 9.01. The molecule has 0 bridgehead atoms. The highest BCUT2D eigenvalue weighted by atomic mass is 79.9. The first-order valence-electron chi connectivity index (χ1n) is 8.22. The molecule has 0 aliphatic heterocycles. The fourth-order valence-electron chi connectivity index (χ4n) is 2.76. The van der Waals surface area contributed by atoms with E-state index in [1.54, 1.807) is 18.7 Å². The molecule has 0 atom stereocenters. The lowest BCUT2D eigenvalue weighted by atomic mass is 10.1. The molecule has 3 rings (SSSR count). The molecular weight excluding hydrogens is 398 g/mol. The van der Waals surface area contributed by atoms with Crippen molar-refractivity contribution in [3.63, 3.8) is 0 Å². The van der Waals surface area contributed by atoms with Crippen molar-refractivity contribution >= 4 is 27.5 Å². The summed E-state index contributed by atoms with van der Waals surface area (Å²) in [5.41, 5.74) is 2.39. The minimum Gasteiger partial charge on any atom is -0.314 e. The summed E-state index contributed by atoms with van der Waals surface area (Å²) in [6.07, 6.45) is 0. The lowest BCUT2D eigenvalue weighted by Crippen LogP contribution is -2.23. The van der Waals surface area contributed by atoms with Crippen LogP contribution in [0.5, 0.6) is 0 Å². The Morgan fingerprint density at radius 1 is 1.27 bits per heavy atom. The van der Waals surface area contributed by atoms with E-state index in [2.05, 4.69) is 31.4 Å². The number of carbonyl (C=O) groups excluding carboxylic acids is 1. The lowest BCUT2D eigenvalue weighted by Gasteiger charge is -2.07. The molecule has 0 saturated heterocycles. The van der Waals surface area contributed by atoms with Gasteiger partial charge in [-0.3, -0.25) is 19.4 Å². The zero-order chi connectivity index (χ0) is 19.0. The fraction of sp³-hybridized carbons (Fsp3) is 0.278. The Hall–Kier alpha value is -2.61. The molecule has 2 aromatic heterocycles. The molecule has 1 amide bonds. The van der Waals surface area contributed by atoms with Gasteiger partial charge < -0.3 is 5.32 Å². The molecule has 0 saturated carbocycles. The molecule has 0 aliphatic carbocycles. The second kappa shape index (κ2) is 6.95. The number of rotatable bonds is 4. The standard InChI is InChI=1S/C18H20BrN5O2/c1-10(2)14-13(19)16(22-21-14)17(25)20-15-11(3)23(4)24(18(15)26)12-8-6-5-7-9-12/h5-10H,1-4H3,(H,20,25)(H,21,22). The molecule has 7 nitrogen and oxygen atoms in total. The Labute approximate surface area is 159 Å². The van der Waals surface area contributed by atoms with Gasteiger partial charge in [-0.25, -0.2) is 4.68 Å². The number of anilines is 1. The third kappa shape index (κ3) is 3.01. The fourth-order valence-corrected chi connectivity index (χ4v) is 3.58. The van der Waals surface area contributed by atoms with Crippen LogP contribution in [0.4, 0.5) is 5.69 Å². The van der Waals surface area contributed by atoms with Gasteiger partial charge in [0, 0.05) is 7.05 Å². The van der Waals surface area contributed by atoms with Crippen molar-refractivity contribution in [1.82, 2.24) is 19.6 Å². The first kappa shape index (κ1) is 18.2. The van der Waals surface area contributed by atoms with Gasteiger partial charge >= 0.3 is 0 Å². The summed E-state index contributed by atoms with van der Waals surface area (Å²) in [5, 5.41) is 9.66. The summed E-state index contributed by atoms with van der Waals surface area (Å²) in [6.45, 7) is 5.79. The topological polar surface area (TPSA) is 84.7 Å². The number of nitrogens with zero attached hydrogens (tertiary/aromatic N) is 3. The van der Waals surface area contributed by atoms with Crippen LogP contribution in [0.1, 0.15) is 41.6 Å². The number of carbonyl (C=O) groups is 1. The van der Waals surface area contributed by atoms with Crippen LogP contribution in [0.15, 0.2) is 39.6 Å². The van der Waals surface area contributed by atoms with Crippen molar-refractivity contribution in [3.05, 3.63) is 62.2 Å². The maximum atomic E-state index is 12.9. The van der Waals surface area contributed by atoms with Crippen molar-refractivity contribution in [2.24, 2.45) is 7.05 Å². The Balaban J connectivity index is 1.99. The van der Waals surface area contributed by atoms with E-state index in [4.69, 9.17) is 0 Å². The summed E-state index contributed by atoms with van der Waals surface area (Å²) in [6, 6.07) is 9.28. The van der Waals surface area contributed by atoms with Gasteiger partial charge in [0.15, 0.2) is 5.69 Å². The van der Waals surface area contributed by atoms with E-state index < -0.39 is 5.91 Å². The third-order valence-electron chi connectivity index (χ3n) is 4.32. The molecule has 8 heteroatoms. The van der Waals surface area contributed by atoms with Crippen molar-refractivity contribution in [2.75, 3.05) is 5.32 Å². The number of aromatic nitrogens is 4. The minimum absolute atomic E-state index is 0.187. The second-order valence-corrected chi connectivity index (χ2v) is 7.14. The molecule has 1 aromatic carbocycles. The van der Waals surface area contributed by atoms with Gasteiger partial charge in [-0.05, 0) is 40.9 Å². The molecule has 3 aromatic rings. The molecule has 0 fully saturated rings. The Bertz CT molecular complexity index is 1010. The van der Waals surface area contributed by atoms with Gasteiger partial charge in [0.05, 0.1) is 21.5 Å². The molecule has 136 valence electrons. The van der Waals surface area contributed by atoms with Crippen LogP contribution in [0.25, 0.3) is 5.69 Å². The summed E-state index contributed by atoms with van der Waals surface area (Å²) in [4.78, 5) is 25.5. The lowest BCUT2D eigenvalue weighted by molar-refractivity contribution is 0.102. The molecule has 26 heavy (non-hydrogen) atoms. The molecule has 0 aliphatic rings. The highest BCUT2D eigenvalue weighted by Gasteiger charge is 2.23. The van der Waals surface area contributed by atoms with E-state index in [1.165, 1.54) is 4.68 Å². The second-order valence-electron chi connectivity index (χ2n) is 6.35. The van der Waals surface area contributed by atoms with Crippen LogP contribution < -0.4 is 10.9 Å². The number of amides is 1. The number of nitrogens with one attached hydrogen (secondary N) is 2. The van der Waals surface area contributed by atoms with Crippen molar-refractivity contribution in [3.8, 4) is 5.69 Å². The third-order valence-corrected chi connectivity index (χ3v) is 5.12.